The molecule has 88 valence electrons. The van der Waals surface area contributed by atoms with Gasteiger partial charge < -0.3 is 13.7 Å². The van der Waals surface area contributed by atoms with E-state index in [1.54, 1.807) is 6.07 Å². The van der Waals surface area contributed by atoms with Gasteiger partial charge in [-0.2, -0.15) is 8.42 Å². The number of para-hydroxylation sites is 1. The van der Waals surface area contributed by atoms with E-state index in [2.05, 4.69) is 4.18 Å². The smallest absolute Gasteiger partial charge is 0.488 e. The predicted molar refractivity (Wildman–Crippen MR) is 52.7 cm³/mol. The van der Waals surface area contributed by atoms with Crippen molar-refractivity contribution in [1.82, 2.24) is 0 Å². The van der Waals surface area contributed by atoms with Gasteiger partial charge in [0.05, 0.1) is 13.2 Å². The summed E-state index contributed by atoms with van der Waals surface area (Å²) < 4.78 is 47.9. The van der Waals surface area contributed by atoms with E-state index >= 15 is 0 Å². The van der Waals surface area contributed by atoms with Crippen LogP contribution < -0.4 is 13.7 Å². The first kappa shape index (κ1) is 11.0. The van der Waals surface area contributed by atoms with Crippen LogP contribution in [0.25, 0.3) is 0 Å². The summed E-state index contributed by atoms with van der Waals surface area (Å²) in [4.78, 5) is 0. The predicted octanol–water partition coefficient (Wildman–Crippen LogP) is 1.44. The minimum absolute atomic E-state index is 0.112. The topological polar surface area (TPSA) is 61.8 Å². The van der Waals surface area contributed by atoms with Gasteiger partial charge in [0.2, 0.25) is 5.75 Å². The van der Waals surface area contributed by atoms with Crippen molar-refractivity contribution in [3.63, 3.8) is 0 Å². The Morgan fingerprint density at radius 1 is 1.25 bits per heavy atom. The molecule has 0 fully saturated rings. The van der Waals surface area contributed by atoms with Crippen LogP contribution >= 0.6 is 0 Å². The van der Waals surface area contributed by atoms with Gasteiger partial charge in [0.1, 0.15) is 0 Å². The van der Waals surface area contributed by atoms with Crippen LogP contribution in [0, 0.1) is 0 Å². The Balaban J connectivity index is 2.39. The van der Waals surface area contributed by atoms with E-state index in [0.717, 1.165) is 0 Å². The fourth-order valence-electron chi connectivity index (χ4n) is 1.34. The average Bonchev–Trinajstić information content (AvgIpc) is 2.41. The second kappa shape index (κ2) is 4.17. The summed E-state index contributed by atoms with van der Waals surface area (Å²) in [5.41, 5.74) is 0. The van der Waals surface area contributed by atoms with Gasteiger partial charge in [0, 0.05) is 6.42 Å². The van der Waals surface area contributed by atoms with Gasteiger partial charge in [-0.15, -0.1) is 0 Å². The van der Waals surface area contributed by atoms with Crippen molar-refractivity contribution in [2.45, 2.75) is 6.42 Å². The molecule has 0 atom stereocenters. The van der Waals surface area contributed by atoms with Crippen molar-refractivity contribution >= 4 is 10.5 Å². The quantitative estimate of drug-likeness (QED) is 0.741. The summed E-state index contributed by atoms with van der Waals surface area (Å²) in [5, 5.41) is 0. The Hall–Kier alpha value is -1.50. The zero-order valence-corrected chi connectivity index (χ0v) is 9.00. The molecule has 16 heavy (non-hydrogen) atoms. The molecular weight excluding hydrogens is 239 g/mol. The first-order valence-corrected chi connectivity index (χ1v) is 5.90. The van der Waals surface area contributed by atoms with Crippen LogP contribution in [-0.2, 0) is 10.5 Å². The molecule has 0 bridgehead atoms. The van der Waals surface area contributed by atoms with Gasteiger partial charge in [-0.1, -0.05) is 9.95 Å². The summed E-state index contributed by atoms with van der Waals surface area (Å²) in [7, 11) is -5.06. The van der Waals surface area contributed by atoms with Gasteiger partial charge in [-0.3, -0.25) is 0 Å². The molecular formula is C9H9FO5S. The average molecular weight is 248 g/mol. The lowest BCUT2D eigenvalue weighted by atomic mass is 10.3. The number of ether oxygens (including phenoxy) is 2. The van der Waals surface area contributed by atoms with E-state index in [1.165, 1.54) is 12.1 Å². The molecule has 5 nitrogen and oxygen atoms in total. The normalized spacial score (nSPS) is 15.3. The minimum Gasteiger partial charge on any atom is -0.489 e. The number of benzene rings is 1. The highest BCUT2D eigenvalue weighted by Gasteiger charge is 2.20. The molecule has 0 aliphatic carbocycles. The zero-order valence-electron chi connectivity index (χ0n) is 8.18. The van der Waals surface area contributed by atoms with E-state index < -0.39 is 10.5 Å². The molecule has 0 amide bonds. The van der Waals surface area contributed by atoms with Crippen LogP contribution in [0.4, 0.5) is 3.89 Å². The lowest BCUT2D eigenvalue weighted by Crippen LogP contribution is -2.04. The van der Waals surface area contributed by atoms with Gasteiger partial charge in [0.15, 0.2) is 11.5 Å². The highest BCUT2D eigenvalue weighted by Crippen LogP contribution is 2.39. The number of halogens is 1. The molecule has 2 rings (SSSR count). The molecule has 0 saturated carbocycles. The summed E-state index contributed by atoms with van der Waals surface area (Å²) in [6.45, 7) is 0.818. The second-order valence-electron chi connectivity index (χ2n) is 3.11. The summed E-state index contributed by atoms with van der Waals surface area (Å²) in [6.07, 6.45) is 0.663. The number of hydrogen-bond acceptors (Lipinski definition) is 5. The standard InChI is InChI=1S/C9H9FO5S/c10-16(11,12)15-8-4-1-3-7-9(8)14-6-2-5-13-7/h1,3-4H,2,5-6H2. The monoisotopic (exact) mass is 248 g/mol. The molecule has 1 aliphatic heterocycles. The van der Waals surface area contributed by atoms with Gasteiger partial charge in [0.25, 0.3) is 0 Å². The van der Waals surface area contributed by atoms with Crippen LogP contribution in [0.2, 0.25) is 0 Å². The summed E-state index contributed by atoms with van der Waals surface area (Å²) in [6, 6.07) is 4.39. The van der Waals surface area contributed by atoms with Gasteiger partial charge in [-0.05, 0) is 12.1 Å². The first-order chi connectivity index (χ1) is 7.56. The van der Waals surface area contributed by atoms with E-state index in [-0.39, 0.29) is 11.5 Å². The third-order valence-electron chi connectivity index (χ3n) is 1.92. The van der Waals surface area contributed by atoms with Crippen molar-refractivity contribution < 1.29 is 26.0 Å². The maximum atomic E-state index is 12.4. The largest absolute Gasteiger partial charge is 0.489 e. The fourth-order valence-corrected chi connectivity index (χ4v) is 1.69. The van der Waals surface area contributed by atoms with Crippen molar-refractivity contribution in [2.24, 2.45) is 0 Å². The number of fused-ring (bicyclic) bond motifs is 1. The van der Waals surface area contributed by atoms with E-state index in [0.29, 0.717) is 25.4 Å². The van der Waals surface area contributed by atoms with Crippen LogP contribution in [-0.4, -0.2) is 21.6 Å². The van der Waals surface area contributed by atoms with Crippen molar-refractivity contribution in [2.75, 3.05) is 13.2 Å². The molecule has 0 saturated heterocycles. The number of rotatable bonds is 2. The molecule has 1 aromatic rings. The SMILES string of the molecule is O=S(=O)(F)Oc1cccc2c1OCCCO2. The van der Waals surface area contributed by atoms with Crippen molar-refractivity contribution in [1.29, 1.82) is 0 Å². The first-order valence-electron chi connectivity index (χ1n) is 4.59. The molecule has 0 aromatic heterocycles. The van der Waals surface area contributed by atoms with Crippen LogP contribution in [0.3, 0.4) is 0 Å². The minimum atomic E-state index is -5.06. The molecule has 0 radical (unpaired) electrons. The summed E-state index contributed by atoms with van der Waals surface area (Å²) in [5.74, 6) is 0.252. The molecule has 7 heteroatoms. The molecule has 1 heterocycles. The fraction of sp³-hybridized carbons (Fsp3) is 0.333. The molecule has 1 aliphatic rings. The van der Waals surface area contributed by atoms with Gasteiger partial charge >= 0.3 is 10.5 Å². The highest BCUT2D eigenvalue weighted by molar-refractivity contribution is 7.81. The van der Waals surface area contributed by atoms with E-state index in [4.69, 9.17) is 9.47 Å². The summed E-state index contributed by atoms with van der Waals surface area (Å²) >= 11 is 0. The van der Waals surface area contributed by atoms with Crippen molar-refractivity contribution in [3.05, 3.63) is 18.2 Å². The van der Waals surface area contributed by atoms with Crippen molar-refractivity contribution in [3.8, 4) is 17.2 Å². The molecule has 0 unspecified atom stereocenters. The zero-order chi connectivity index (χ0) is 11.6. The maximum Gasteiger partial charge on any atom is 0.488 e. The van der Waals surface area contributed by atoms with E-state index in [1.807, 2.05) is 0 Å². The Kier molecular flexibility index (Phi) is 2.86. The molecule has 0 N–H and O–H groups in total. The van der Waals surface area contributed by atoms with Crippen LogP contribution in [0.15, 0.2) is 18.2 Å². The lowest BCUT2D eigenvalue weighted by molar-refractivity contribution is 0.293. The van der Waals surface area contributed by atoms with Crippen LogP contribution in [0.1, 0.15) is 6.42 Å². The second-order valence-corrected chi connectivity index (χ2v) is 4.06. The third-order valence-corrected chi connectivity index (χ3v) is 2.30. The Morgan fingerprint density at radius 2 is 2.00 bits per heavy atom. The third kappa shape index (κ3) is 2.54. The lowest BCUT2D eigenvalue weighted by Gasteiger charge is -2.10. The Bertz CT molecular complexity index is 485. The Labute approximate surface area is 92.2 Å². The highest BCUT2D eigenvalue weighted by atomic mass is 32.3. The molecule has 1 aromatic carbocycles. The molecule has 0 spiro atoms. The van der Waals surface area contributed by atoms with Crippen LogP contribution in [0.5, 0.6) is 17.2 Å². The maximum absolute atomic E-state index is 12.4. The van der Waals surface area contributed by atoms with Gasteiger partial charge in [-0.25, -0.2) is 0 Å². The number of hydrogen-bond donors (Lipinski definition) is 0. The van der Waals surface area contributed by atoms with E-state index in [9.17, 15) is 12.3 Å². The Morgan fingerprint density at radius 3 is 2.75 bits per heavy atom.